The van der Waals surface area contributed by atoms with Gasteiger partial charge in [-0.15, -0.1) is 0 Å². The fourth-order valence-corrected chi connectivity index (χ4v) is 2.56. The van der Waals surface area contributed by atoms with Crippen molar-refractivity contribution in [1.82, 2.24) is 0 Å². The van der Waals surface area contributed by atoms with Crippen molar-refractivity contribution < 1.29 is 22.7 Å². The van der Waals surface area contributed by atoms with Crippen LogP contribution in [0.15, 0.2) is 17.0 Å². The van der Waals surface area contributed by atoms with E-state index in [0.717, 1.165) is 6.07 Å². The highest BCUT2D eigenvalue weighted by Gasteiger charge is 2.31. The monoisotopic (exact) mass is 367 g/mol. The molecule has 20 heavy (non-hydrogen) atoms. The lowest BCUT2D eigenvalue weighted by Gasteiger charge is -2.12. The molecule has 1 rings (SSSR count). The number of benzene rings is 1. The normalized spacial score (nSPS) is 11.0. The molecule has 0 heterocycles. The molecule has 108 valence electrons. The van der Waals surface area contributed by atoms with Crippen molar-refractivity contribution in [2.24, 2.45) is 0 Å². The summed E-state index contributed by atoms with van der Waals surface area (Å²) in [4.78, 5) is 11.5. The second-order valence-corrected chi connectivity index (χ2v) is 5.19. The Labute approximate surface area is 126 Å². The maximum Gasteiger partial charge on any atom is 0.446 e. The van der Waals surface area contributed by atoms with Gasteiger partial charge in [0, 0.05) is 10.2 Å². The van der Waals surface area contributed by atoms with E-state index in [9.17, 15) is 18.0 Å². The van der Waals surface area contributed by atoms with Gasteiger partial charge in [0.2, 0.25) is 0 Å². The molecule has 1 aromatic rings. The summed E-state index contributed by atoms with van der Waals surface area (Å²) >= 11 is 2.73. The fraction of sp³-hybridized carbons (Fsp3) is 0.333. The van der Waals surface area contributed by atoms with Crippen molar-refractivity contribution in [2.75, 3.05) is 6.61 Å². The highest BCUT2D eigenvalue weighted by molar-refractivity contribution is 9.08. The summed E-state index contributed by atoms with van der Waals surface area (Å²) in [6.07, 6.45) is 0. The topological polar surface area (TPSA) is 50.1 Å². The molecule has 0 amide bonds. The number of hydrogen-bond acceptors (Lipinski definition) is 4. The molecule has 8 heteroatoms. The molecule has 0 aliphatic rings. The van der Waals surface area contributed by atoms with Crippen molar-refractivity contribution in [1.29, 1.82) is 5.26 Å². The number of carbonyl (C=O) groups is 1. The molecule has 0 aromatic heterocycles. The Morgan fingerprint density at radius 3 is 2.60 bits per heavy atom. The summed E-state index contributed by atoms with van der Waals surface area (Å²) in [7, 11) is 0. The number of thioether (sulfide) groups is 1. The Morgan fingerprint density at radius 2 is 2.15 bits per heavy atom. The van der Waals surface area contributed by atoms with Crippen LogP contribution >= 0.6 is 27.7 Å². The van der Waals surface area contributed by atoms with Crippen molar-refractivity contribution in [3.8, 4) is 6.07 Å². The number of nitriles is 1. The third-order valence-electron chi connectivity index (χ3n) is 2.19. The SMILES string of the molecule is CCOC(=O)c1cc(C#N)c(SC(F)(F)F)cc1CBr. The lowest BCUT2D eigenvalue weighted by molar-refractivity contribution is -0.0328. The van der Waals surface area contributed by atoms with Gasteiger partial charge >= 0.3 is 11.5 Å². The molecule has 0 aliphatic carbocycles. The van der Waals surface area contributed by atoms with E-state index < -0.39 is 11.5 Å². The van der Waals surface area contributed by atoms with Crippen LogP contribution in [0.3, 0.4) is 0 Å². The zero-order valence-electron chi connectivity index (χ0n) is 10.3. The Kier molecular flexibility index (Phi) is 5.89. The first-order valence-corrected chi connectivity index (χ1v) is 7.32. The van der Waals surface area contributed by atoms with E-state index in [0.29, 0.717) is 5.56 Å². The van der Waals surface area contributed by atoms with Gasteiger partial charge in [0.25, 0.3) is 0 Å². The van der Waals surface area contributed by atoms with Crippen molar-refractivity contribution >= 4 is 33.7 Å². The van der Waals surface area contributed by atoms with Crippen molar-refractivity contribution in [3.05, 3.63) is 28.8 Å². The molecule has 0 atom stereocenters. The van der Waals surface area contributed by atoms with Gasteiger partial charge in [-0.25, -0.2) is 4.79 Å². The second kappa shape index (κ2) is 6.99. The average Bonchev–Trinajstić information content (AvgIpc) is 2.36. The molecule has 0 N–H and O–H groups in total. The summed E-state index contributed by atoms with van der Waals surface area (Å²) in [5, 5.41) is 9.10. The van der Waals surface area contributed by atoms with Crippen LogP contribution in [0, 0.1) is 11.3 Å². The largest absolute Gasteiger partial charge is 0.462 e. The number of halogens is 4. The zero-order chi connectivity index (χ0) is 15.3. The van der Waals surface area contributed by atoms with Crippen LogP contribution < -0.4 is 0 Å². The van der Waals surface area contributed by atoms with E-state index in [2.05, 4.69) is 15.9 Å². The van der Waals surface area contributed by atoms with E-state index in [1.165, 1.54) is 6.07 Å². The minimum atomic E-state index is -4.50. The minimum absolute atomic E-state index is 0.0896. The molecule has 0 aliphatic heterocycles. The Bertz CT molecular complexity index is 555. The fourth-order valence-electron chi connectivity index (χ4n) is 1.43. The number of rotatable bonds is 4. The first kappa shape index (κ1) is 16.9. The summed E-state index contributed by atoms with van der Waals surface area (Å²) in [5.41, 5.74) is -4.28. The van der Waals surface area contributed by atoms with E-state index in [4.69, 9.17) is 10.00 Å². The number of carbonyl (C=O) groups excluding carboxylic acids is 1. The van der Waals surface area contributed by atoms with E-state index in [-0.39, 0.29) is 39.7 Å². The molecular formula is C12H9BrF3NO2S. The van der Waals surface area contributed by atoms with Crippen LogP contribution in [0.25, 0.3) is 0 Å². The molecule has 0 saturated carbocycles. The maximum atomic E-state index is 12.4. The van der Waals surface area contributed by atoms with Gasteiger partial charge in [-0.3, -0.25) is 0 Å². The zero-order valence-corrected chi connectivity index (χ0v) is 12.7. The Hall–Kier alpha value is -1.20. The number of nitrogens with zero attached hydrogens (tertiary/aromatic N) is 1. The molecule has 0 spiro atoms. The van der Waals surface area contributed by atoms with E-state index in [1.54, 1.807) is 13.0 Å². The van der Waals surface area contributed by atoms with E-state index >= 15 is 0 Å². The number of hydrogen-bond donors (Lipinski definition) is 0. The number of esters is 1. The Balaban J connectivity index is 3.31. The number of alkyl halides is 4. The van der Waals surface area contributed by atoms with E-state index in [1.807, 2.05) is 0 Å². The summed E-state index contributed by atoms with van der Waals surface area (Å²) in [5.74, 6) is -0.665. The highest BCUT2D eigenvalue weighted by Crippen LogP contribution is 2.39. The predicted octanol–water partition coefficient (Wildman–Crippen LogP) is 4.24. The lowest BCUT2D eigenvalue weighted by Crippen LogP contribution is -2.09. The van der Waals surface area contributed by atoms with Crippen molar-refractivity contribution in [2.45, 2.75) is 22.7 Å². The van der Waals surface area contributed by atoms with Crippen LogP contribution in [0.4, 0.5) is 13.2 Å². The molecule has 0 radical (unpaired) electrons. The third kappa shape index (κ3) is 4.42. The third-order valence-corrected chi connectivity index (χ3v) is 3.58. The number of ether oxygens (including phenoxy) is 1. The quantitative estimate of drug-likeness (QED) is 0.453. The van der Waals surface area contributed by atoms with Crippen molar-refractivity contribution in [3.63, 3.8) is 0 Å². The summed E-state index contributed by atoms with van der Waals surface area (Å²) in [6, 6.07) is 3.97. The Morgan fingerprint density at radius 1 is 1.50 bits per heavy atom. The van der Waals surface area contributed by atoms with Gasteiger partial charge < -0.3 is 4.74 Å². The van der Waals surface area contributed by atoms with Gasteiger partial charge in [-0.2, -0.15) is 18.4 Å². The molecule has 0 saturated heterocycles. The molecule has 1 aromatic carbocycles. The molecule has 0 fully saturated rings. The second-order valence-electron chi connectivity index (χ2n) is 3.52. The maximum absolute atomic E-state index is 12.4. The van der Waals surface area contributed by atoms with Gasteiger partial charge in [-0.1, -0.05) is 15.9 Å². The van der Waals surface area contributed by atoms with Gasteiger partial charge in [0.1, 0.15) is 6.07 Å². The average molecular weight is 368 g/mol. The van der Waals surface area contributed by atoms with Crippen LogP contribution in [0.2, 0.25) is 0 Å². The molecule has 0 unspecified atom stereocenters. The smallest absolute Gasteiger partial charge is 0.446 e. The standard InChI is InChI=1S/C12H9BrF3NO2S/c1-2-19-11(18)9-3-8(6-17)10(4-7(9)5-13)20-12(14,15)16/h3-4H,2,5H2,1H3. The van der Waals surface area contributed by atoms with Crippen LogP contribution in [-0.4, -0.2) is 18.1 Å². The lowest BCUT2D eigenvalue weighted by atomic mass is 10.1. The molecule has 0 bridgehead atoms. The molecule has 3 nitrogen and oxygen atoms in total. The highest BCUT2D eigenvalue weighted by atomic mass is 79.9. The van der Waals surface area contributed by atoms with Crippen LogP contribution in [0.5, 0.6) is 0 Å². The first-order valence-electron chi connectivity index (χ1n) is 5.38. The predicted molar refractivity (Wildman–Crippen MR) is 71.7 cm³/mol. The minimum Gasteiger partial charge on any atom is -0.462 e. The van der Waals surface area contributed by atoms with Crippen LogP contribution in [-0.2, 0) is 10.1 Å². The van der Waals surface area contributed by atoms with Gasteiger partial charge in [0.05, 0.1) is 17.7 Å². The molecular weight excluding hydrogens is 359 g/mol. The first-order chi connectivity index (χ1) is 9.32. The van der Waals surface area contributed by atoms with Gasteiger partial charge in [-0.05, 0) is 36.4 Å². The van der Waals surface area contributed by atoms with Gasteiger partial charge in [0.15, 0.2) is 0 Å². The summed E-state index contributed by atoms with van der Waals surface area (Å²) in [6.45, 7) is 1.76. The summed E-state index contributed by atoms with van der Waals surface area (Å²) < 4.78 is 42.1. The van der Waals surface area contributed by atoms with Crippen LogP contribution in [0.1, 0.15) is 28.4 Å².